The van der Waals surface area contributed by atoms with E-state index >= 15 is 0 Å². The maximum Gasteiger partial charge on any atom is 0.326 e. The van der Waals surface area contributed by atoms with E-state index in [-0.39, 0.29) is 25.0 Å². The van der Waals surface area contributed by atoms with Crippen molar-refractivity contribution in [1.29, 1.82) is 0 Å². The molecule has 1 heterocycles. The first-order valence-corrected chi connectivity index (χ1v) is 11.9. The van der Waals surface area contributed by atoms with Gasteiger partial charge in [0.15, 0.2) is 0 Å². The number of amides is 3. The number of hydrogen-bond donors (Lipinski definition) is 9. The average molecular weight is 549 g/mol. The Kier molecular flexibility index (Phi) is 11.4. The van der Waals surface area contributed by atoms with Crippen molar-refractivity contribution in [1.82, 2.24) is 25.9 Å². The van der Waals surface area contributed by atoms with Gasteiger partial charge >= 0.3 is 11.9 Å². The van der Waals surface area contributed by atoms with Crippen LogP contribution in [0.1, 0.15) is 31.0 Å². The minimum Gasteiger partial charge on any atom is -0.508 e. The molecule has 0 aliphatic carbocycles. The maximum absolute atomic E-state index is 13.2. The molecule has 15 heteroatoms. The summed E-state index contributed by atoms with van der Waals surface area (Å²) in [5.41, 5.74) is 6.54. The molecule has 2 aromatic rings. The van der Waals surface area contributed by atoms with Gasteiger partial charge in [0.2, 0.25) is 17.7 Å². The van der Waals surface area contributed by atoms with Gasteiger partial charge in [0, 0.05) is 31.2 Å². The number of phenolic OH excluding ortho intramolecular Hbond substituents is 1. The number of nitrogens with one attached hydrogen (secondary N) is 4. The maximum atomic E-state index is 13.2. The normalized spacial score (nSPS) is 14.7. The summed E-state index contributed by atoms with van der Waals surface area (Å²) in [6.45, 7) is 1.26. The highest BCUT2D eigenvalue weighted by atomic mass is 16.4. The van der Waals surface area contributed by atoms with E-state index in [0.717, 1.165) is 0 Å². The molecule has 1 aromatic heterocycles. The van der Waals surface area contributed by atoms with Crippen LogP contribution in [0.4, 0.5) is 0 Å². The fraction of sp³-hybridized carbons (Fsp3) is 0.417. The second kappa shape index (κ2) is 14.4. The fourth-order valence-electron chi connectivity index (χ4n) is 3.46. The highest BCUT2D eigenvalue weighted by molar-refractivity contribution is 5.94. The zero-order valence-corrected chi connectivity index (χ0v) is 21.0. The Hall–Kier alpha value is -4.50. The van der Waals surface area contributed by atoms with Crippen molar-refractivity contribution in [2.45, 2.75) is 62.9 Å². The zero-order chi connectivity index (χ0) is 29.1. The van der Waals surface area contributed by atoms with Crippen LogP contribution in [0.15, 0.2) is 36.8 Å². The van der Waals surface area contributed by atoms with Crippen molar-refractivity contribution < 1.29 is 44.4 Å². The number of aliphatic hydroxyl groups excluding tert-OH is 1. The van der Waals surface area contributed by atoms with Crippen molar-refractivity contribution in [3.63, 3.8) is 0 Å². The molecule has 5 unspecified atom stereocenters. The van der Waals surface area contributed by atoms with Gasteiger partial charge in [-0.25, -0.2) is 9.78 Å². The van der Waals surface area contributed by atoms with E-state index in [1.807, 2.05) is 0 Å². The van der Waals surface area contributed by atoms with E-state index in [0.29, 0.717) is 11.3 Å². The summed E-state index contributed by atoms with van der Waals surface area (Å²) in [4.78, 5) is 68.2. The second-order valence-corrected chi connectivity index (χ2v) is 8.87. The van der Waals surface area contributed by atoms with Gasteiger partial charge in [-0.05, 0) is 31.0 Å². The van der Waals surface area contributed by atoms with Gasteiger partial charge in [-0.2, -0.15) is 0 Å². The molecule has 212 valence electrons. The third kappa shape index (κ3) is 10.1. The van der Waals surface area contributed by atoms with Gasteiger partial charge < -0.3 is 47.1 Å². The largest absolute Gasteiger partial charge is 0.508 e. The molecule has 0 saturated carbocycles. The molecule has 2 rings (SSSR count). The van der Waals surface area contributed by atoms with Gasteiger partial charge in [0.05, 0.1) is 12.4 Å². The number of rotatable bonds is 15. The molecule has 0 aliphatic heterocycles. The number of carboxylic acids is 2. The lowest BCUT2D eigenvalue weighted by molar-refractivity contribution is -0.142. The summed E-state index contributed by atoms with van der Waals surface area (Å²) in [5.74, 6) is -5.34. The summed E-state index contributed by atoms with van der Waals surface area (Å²) >= 11 is 0. The standard InChI is InChI=1S/C24H32N6O9/c1-12(31)20(25)23(37)28-16(6-7-19(33)34)21(35)29-17(8-13-2-4-15(32)5-3-13)22(36)30-18(24(38)39)9-14-10-26-11-27-14/h2-5,10-12,16-18,20,31-32H,6-9,25H2,1H3,(H,26,27)(H,28,37)(H,29,35)(H,30,36)(H,33,34)(H,38,39). The van der Waals surface area contributed by atoms with Crippen molar-refractivity contribution in [3.8, 4) is 5.75 Å². The number of carbonyl (C=O) groups is 5. The Balaban J connectivity index is 2.27. The van der Waals surface area contributed by atoms with Gasteiger partial charge in [-0.1, -0.05) is 12.1 Å². The van der Waals surface area contributed by atoms with Gasteiger partial charge in [0.1, 0.15) is 29.9 Å². The number of carbonyl (C=O) groups excluding carboxylic acids is 3. The molecule has 15 nitrogen and oxygen atoms in total. The van der Waals surface area contributed by atoms with Gasteiger partial charge in [-0.15, -0.1) is 0 Å². The van der Waals surface area contributed by atoms with E-state index in [1.54, 1.807) is 0 Å². The number of carboxylic acid groups (broad SMARTS) is 2. The second-order valence-electron chi connectivity index (χ2n) is 8.87. The molecule has 39 heavy (non-hydrogen) atoms. The number of aromatic nitrogens is 2. The topological polar surface area (TPSA) is 257 Å². The van der Waals surface area contributed by atoms with E-state index in [9.17, 15) is 39.3 Å². The summed E-state index contributed by atoms with van der Waals surface area (Å²) in [7, 11) is 0. The van der Waals surface area contributed by atoms with Crippen molar-refractivity contribution >= 4 is 29.7 Å². The van der Waals surface area contributed by atoms with Crippen LogP contribution in [0.3, 0.4) is 0 Å². The monoisotopic (exact) mass is 548 g/mol. The quantitative estimate of drug-likeness (QED) is 0.118. The van der Waals surface area contributed by atoms with Crippen LogP contribution in [-0.2, 0) is 36.8 Å². The van der Waals surface area contributed by atoms with Crippen LogP contribution in [0, 0.1) is 0 Å². The van der Waals surface area contributed by atoms with Crippen LogP contribution in [0.2, 0.25) is 0 Å². The summed E-state index contributed by atoms with van der Waals surface area (Å²) in [6.07, 6.45) is 0.345. The minimum atomic E-state index is -1.44. The van der Waals surface area contributed by atoms with Crippen molar-refractivity contribution in [2.75, 3.05) is 0 Å². The Bertz CT molecular complexity index is 1140. The molecular weight excluding hydrogens is 516 g/mol. The third-order valence-corrected chi connectivity index (χ3v) is 5.70. The van der Waals surface area contributed by atoms with E-state index in [1.165, 1.54) is 43.7 Å². The van der Waals surface area contributed by atoms with Gasteiger partial charge in [0.25, 0.3) is 0 Å². The molecule has 0 saturated heterocycles. The summed E-state index contributed by atoms with van der Waals surface area (Å²) in [5, 5.41) is 44.9. The Morgan fingerprint density at radius 2 is 1.51 bits per heavy atom. The first-order valence-electron chi connectivity index (χ1n) is 11.9. The molecule has 1 aromatic carbocycles. The van der Waals surface area contributed by atoms with Crippen molar-refractivity contribution in [3.05, 3.63) is 48.0 Å². The smallest absolute Gasteiger partial charge is 0.326 e. The number of nitrogens with zero attached hydrogens (tertiary/aromatic N) is 1. The van der Waals surface area contributed by atoms with Crippen LogP contribution in [-0.4, -0.2) is 90.3 Å². The lowest BCUT2D eigenvalue weighted by atomic mass is 10.0. The summed E-state index contributed by atoms with van der Waals surface area (Å²) in [6, 6.07) is 0.117. The number of hydrogen-bond acceptors (Lipinski definition) is 9. The molecule has 5 atom stereocenters. The van der Waals surface area contributed by atoms with Crippen LogP contribution in [0.25, 0.3) is 0 Å². The highest BCUT2D eigenvalue weighted by Gasteiger charge is 2.31. The molecule has 0 fully saturated rings. The minimum absolute atomic E-state index is 0.0415. The van der Waals surface area contributed by atoms with Crippen molar-refractivity contribution in [2.24, 2.45) is 5.73 Å². The Labute approximate surface area is 222 Å². The molecule has 10 N–H and O–H groups in total. The predicted octanol–water partition coefficient (Wildman–Crippen LogP) is -1.99. The Morgan fingerprint density at radius 1 is 0.923 bits per heavy atom. The third-order valence-electron chi connectivity index (χ3n) is 5.70. The molecule has 0 bridgehead atoms. The lowest BCUT2D eigenvalue weighted by Gasteiger charge is -2.25. The molecule has 0 spiro atoms. The Morgan fingerprint density at radius 3 is 2.05 bits per heavy atom. The number of phenols is 1. The molecule has 0 aliphatic rings. The van der Waals surface area contributed by atoms with Crippen LogP contribution >= 0.6 is 0 Å². The van der Waals surface area contributed by atoms with Crippen LogP contribution < -0.4 is 21.7 Å². The number of aliphatic hydroxyl groups is 1. The molecular formula is C24H32N6O9. The zero-order valence-electron chi connectivity index (χ0n) is 21.0. The van der Waals surface area contributed by atoms with E-state index < -0.39 is 66.4 Å². The van der Waals surface area contributed by atoms with E-state index in [4.69, 9.17) is 10.8 Å². The lowest BCUT2D eigenvalue weighted by Crippen LogP contribution is -2.58. The number of aliphatic carboxylic acids is 2. The molecule has 0 radical (unpaired) electrons. The predicted molar refractivity (Wildman–Crippen MR) is 134 cm³/mol. The highest BCUT2D eigenvalue weighted by Crippen LogP contribution is 2.12. The van der Waals surface area contributed by atoms with Crippen LogP contribution in [0.5, 0.6) is 5.75 Å². The SMILES string of the molecule is CC(O)C(N)C(=O)NC(CCC(=O)O)C(=O)NC(Cc1ccc(O)cc1)C(=O)NC(Cc1cnc[nH]1)C(=O)O. The average Bonchev–Trinajstić information content (AvgIpc) is 3.39. The number of aromatic hydroxyl groups is 1. The number of aromatic amines is 1. The number of nitrogens with two attached hydrogens (primary N) is 1. The first kappa shape index (κ1) is 30.7. The number of H-pyrrole nitrogens is 1. The molecule has 3 amide bonds. The fourth-order valence-corrected chi connectivity index (χ4v) is 3.46. The van der Waals surface area contributed by atoms with E-state index in [2.05, 4.69) is 25.9 Å². The van der Waals surface area contributed by atoms with Gasteiger partial charge in [-0.3, -0.25) is 19.2 Å². The summed E-state index contributed by atoms with van der Waals surface area (Å²) < 4.78 is 0. The first-order chi connectivity index (χ1) is 18.4. The number of imidazole rings is 1. The number of benzene rings is 1.